The Labute approximate surface area is 114 Å². The number of benzene rings is 1. The van der Waals surface area contributed by atoms with Crippen LogP contribution in [-0.2, 0) is 4.74 Å². The third-order valence-electron chi connectivity index (χ3n) is 2.54. The molecule has 0 atom stereocenters. The van der Waals surface area contributed by atoms with E-state index in [1.54, 1.807) is 7.11 Å². The lowest BCUT2D eigenvalue weighted by Gasteiger charge is -2.15. The minimum absolute atomic E-state index is 0.548. The number of aliphatic imine (C=N–C) groups is 1. The molecule has 0 saturated heterocycles. The zero-order chi connectivity index (χ0) is 14.1. The maximum absolute atomic E-state index is 5.45. The molecule has 1 aromatic carbocycles. The Hall–Kier alpha value is -1.79. The molecule has 0 aliphatic rings. The fourth-order valence-corrected chi connectivity index (χ4v) is 1.52. The fraction of sp³-hybridized carbons (Fsp3) is 0.462. The number of nitrogens with one attached hydrogen (secondary N) is 2. The van der Waals surface area contributed by atoms with E-state index in [0.717, 1.165) is 17.8 Å². The number of nitrogens with zero attached hydrogens (tertiary/aromatic N) is 2. The second-order valence-corrected chi connectivity index (χ2v) is 4.29. The van der Waals surface area contributed by atoms with Gasteiger partial charge in [0, 0.05) is 45.7 Å². The molecule has 0 fully saturated rings. The van der Waals surface area contributed by atoms with Crippen molar-refractivity contribution in [2.24, 2.45) is 10.8 Å². The summed E-state index contributed by atoms with van der Waals surface area (Å²) in [6, 6.07) is 8.02. The molecule has 106 valence electrons. The van der Waals surface area contributed by atoms with E-state index in [0.29, 0.717) is 19.1 Å². The Kier molecular flexibility index (Phi) is 6.70. The fourth-order valence-electron chi connectivity index (χ4n) is 1.52. The Morgan fingerprint density at radius 2 is 2.21 bits per heavy atom. The monoisotopic (exact) mass is 265 g/mol. The average molecular weight is 265 g/mol. The van der Waals surface area contributed by atoms with Crippen LogP contribution in [0.15, 0.2) is 29.3 Å². The summed E-state index contributed by atoms with van der Waals surface area (Å²) in [5.74, 6) is 6.00. The summed E-state index contributed by atoms with van der Waals surface area (Å²) in [7, 11) is 5.68. The third kappa shape index (κ3) is 5.58. The highest BCUT2D eigenvalue weighted by atomic mass is 16.5. The van der Waals surface area contributed by atoms with Gasteiger partial charge in [-0.05, 0) is 24.6 Å². The Morgan fingerprint density at radius 3 is 2.84 bits per heavy atom. The SMILES string of the molecule is COCCCN=C(NN)Nc1cccc(N(C)C)c1. The van der Waals surface area contributed by atoms with E-state index in [2.05, 4.69) is 15.7 Å². The molecule has 0 spiro atoms. The van der Waals surface area contributed by atoms with Crippen molar-refractivity contribution >= 4 is 17.3 Å². The summed E-state index contributed by atoms with van der Waals surface area (Å²) in [6.45, 7) is 1.35. The molecule has 0 bridgehead atoms. The predicted molar refractivity (Wildman–Crippen MR) is 80.5 cm³/mol. The van der Waals surface area contributed by atoms with Gasteiger partial charge in [0.25, 0.3) is 0 Å². The van der Waals surface area contributed by atoms with Gasteiger partial charge < -0.3 is 15.0 Å². The first-order chi connectivity index (χ1) is 9.17. The van der Waals surface area contributed by atoms with Gasteiger partial charge in [0.15, 0.2) is 0 Å². The van der Waals surface area contributed by atoms with E-state index in [4.69, 9.17) is 10.6 Å². The summed E-state index contributed by atoms with van der Waals surface area (Å²) in [5, 5.41) is 3.15. The van der Waals surface area contributed by atoms with Crippen LogP contribution in [0.5, 0.6) is 0 Å². The van der Waals surface area contributed by atoms with E-state index in [1.807, 2.05) is 43.3 Å². The van der Waals surface area contributed by atoms with Gasteiger partial charge in [0.05, 0.1) is 0 Å². The van der Waals surface area contributed by atoms with Gasteiger partial charge in [-0.2, -0.15) is 0 Å². The molecule has 0 saturated carbocycles. The van der Waals surface area contributed by atoms with Crippen molar-refractivity contribution < 1.29 is 4.74 Å². The largest absolute Gasteiger partial charge is 0.385 e. The molecule has 0 heterocycles. The maximum atomic E-state index is 5.45. The van der Waals surface area contributed by atoms with Gasteiger partial charge in [0.1, 0.15) is 0 Å². The van der Waals surface area contributed by atoms with Crippen molar-refractivity contribution in [1.82, 2.24) is 5.43 Å². The van der Waals surface area contributed by atoms with Crippen LogP contribution < -0.4 is 21.5 Å². The smallest absolute Gasteiger partial charge is 0.210 e. The van der Waals surface area contributed by atoms with Crippen molar-refractivity contribution in [3.05, 3.63) is 24.3 Å². The Bertz CT molecular complexity index is 406. The van der Waals surface area contributed by atoms with Gasteiger partial charge in [0.2, 0.25) is 5.96 Å². The molecule has 0 aliphatic carbocycles. The number of hydrogen-bond donors (Lipinski definition) is 3. The Balaban J connectivity index is 2.62. The van der Waals surface area contributed by atoms with Crippen LogP contribution in [0.4, 0.5) is 11.4 Å². The summed E-state index contributed by atoms with van der Waals surface area (Å²) in [5.41, 5.74) is 4.61. The third-order valence-corrected chi connectivity index (χ3v) is 2.54. The van der Waals surface area contributed by atoms with Crippen LogP contribution in [0.2, 0.25) is 0 Å². The van der Waals surface area contributed by atoms with Crippen LogP contribution in [0.1, 0.15) is 6.42 Å². The van der Waals surface area contributed by atoms with Crippen LogP contribution in [0.25, 0.3) is 0 Å². The number of guanidine groups is 1. The maximum Gasteiger partial charge on any atom is 0.210 e. The number of hydrogen-bond acceptors (Lipinski definition) is 4. The molecule has 0 amide bonds. The second-order valence-electron chi connectivity index (χ2n) is 4.29. The van der Waals surface area contributed by atoms with E-state index in [9.17, 15) is 0 Å². The van der Waals surface area contributed by atoms with E-state index < -0.39 is 0 Å². The lowest BCUT2D eigenvalue weighted by Crippen LogP contribution is -2.36. The van der Waals surface area contributed by atoms with Crippen LogP contribution in [0, 0.1) is 0 Å². The summed E-state index contributed by atoms with van der Waals surface area (Å²) < 4.78 is 4.97. The molecule has 4 N–H and O–H groups in total. The molecule has 0 aromatic heterocycles. The number of rotatable bonds is 6. The zero-order valence-electron chi connectivity index (χ0n) is 11.8. The molecule has 19 heavy (non-hydrogen) atoms. The van der Waals surface area contributed by atoms with Crippen LogP contribution in [0.3, 0.4) is 0 Å². The number of methoxy groups -OCH3 is 1. The molecule has 0 radical (unpaired) electrons. The topological polar surface area (TPSA) is 74.9 Å². The number of nitrogens with two attached hydrogens (primary N) is 1. The highest BCUT2D eigenvalue weighted by Crippen LogP contribution is 2.16. The molecule has 0 unspecified atom stereocenters. The standard InChI is InChI=1S/C13H23N5O/c1-18(2)12-7-4-6-11(10-12)16-13(17-14)15-8-5-9-19-3/h4,6-7,10H,5,8-9,14H2,1-3H3,(H2,15,16,17). The van der Waals surface area contributed by atoms with Gasteiger partial charge in [-0.3, -0.25) is 10.4 Å². The minimum Gasteiger partial charge on any atom is -0.385 e. The average Bonchev–Trinajstić information content (AvgIpc) is 2.42. The molecular formula is C13H23N5O. The highest BCUT2D eigenvalue weighted by Gasteiger charge is 2.00. The van der Waals surface area contributed by atoms with Crippen molar-refractivity contribution in [2.45, 2.75) is 6.42 Å². The molecule has 0 aliphatic heterocycles. The molecule has 1 aromatic rings. The van der Waals surface area contributed by atoms with E-state index in [1.165, 1.54) is 0 Å². The summed E-state index contributed by atoms with van der Waals surface area (Å²) in [6.07, 6.45) is 0.862. The summed E-state index contributed by atoms with van der Waals surface area (Å²) >= 11 is 0. The Morgan fingerprint density at radius 1 is 1.42 bits per heavy atom. The van der Waals surface area contributed by atoms with Gasteiger partial charge in [-0.1, -0.05) is 6.07 Å². The zero-order valence-corrected chi connectivity index (χ0v) is 11.8. The van der Waals surface area contributed by atoms with E-state index in [-0.39, 0.29) is 0 Å². The first kappa shape index (κ1) is 15.3. The van der Waals surface area contributed by atoms with Gasteiger partial charge >= 0.3 is 0 Å². The van der Waals surface area contributed by atoms with Crippen molar-refractivity contribution in [3.63, 3.8) is 0 Å². The molecule has 6 nitrogen and oxygen atoms in total. The molecule has 1 rings (SSSR count). The quantitative estimate of drug-likeness (QED) is 0.235. The van der Waals surface area contributed by atoms with Gasteiger partial charge in [-0.15, -0.1) is 0 Å². The number of anilines is 2. The van der Waals surface area contributed by atoms with Crippen LogP contribution in [-0.4, -0.2) is 40.3 Å². The number of hydrazine groups is 1. The van der Waals surface area contributed by atoms with Crippen molar-refractivity contribution in [2.75, 3.05) is 44.6 Å². The molecular weight excluding hydrogens is 242 g/mol. The van der Waals surface area contributed by atoms with Crippen molar-refractivity contribution in [3.8, 4) is 0 Å². The lowest BCUT2D eigenvalue weighted by molar-refractivity contribution is 0.197. The lowest BCUT2D eigenvalue weighted by atomic mass is 10.2. The molecule has 6 heteroatoms. The predicted octanol–water partition coefficient (Wildman–Crippen LogP) is 1.02. The number of ether oxygens (including phenoxy) is 1. The van der Waals surface area contributed by atoms with Crippen LogP contribution >= 0.6 is 0 Å². The highest BCUT2D eigenvalue weighted by molar-refractivity contribution is 5.93. The minimum atomic E-state index is 0.548. The second kappa shape index (κ2) is 8.34. The van der Waals surface area contributed by atoms with Crippen molar-refractivity contribution in [1.29, 1.82) is 0 Å². The first-order valence-corrected chi connectivity index (χ1v) is 6.21. The van der Waals surface area contributed by atoms with Gasteiger partial charge in [-0.25, -0.2) is 5.84 Å². The summed E-state index contributed by atoms with van der Waals surface area (Å²) in [4.78, 5) is 6.36. The normalized spacial score (nSPS) is 11.3. The first-order valence-electron chi connectivity index (χ1n) is 6.21. The van der Waals surface area contributed by atoms with E-state index >= 15 is 0 Å².